The molecule has 5 rings (SSSR count). The molecule has 4 aromatic carbocycles. The maximum absolute atomic E-state index is 13.9. The van der Waals surface area contributed by atoms with E-state index in [1.54, 1.807) is 0 Å². The van der Waals surface area contributed by atoms with E-state index < -0.39 is 0 Å². The van der Waals surface area contributed by atoms with Crippen molar-refractivity contribution in [2.75, 3.05) is 0 Å². The quantitative estimate of drug-likeness (QED) is 0.195. The Hall–Kier alpha value is -3.65. The molecule has 2 nitrogen and oxygen atoms in total. The summed E-state index contributed by atoms with van der Waals surface area (Å²) in [6, 6.07) is 30.9. The normalized spacial score (nSPS) is 11.3. The Morgan fingerprint density at radius 2 is 1.34 bits per heavy atom. The van der Waals surface area contributed by atoms with Crippen molar-refractivity contribution in [3.05, 3.63) is 108 Å². The molecule has 5 aromatic rings. The first kappa shape index (κ1) is 20.3. The number of fused-ring (bicyclic) bond motifs is 2. The molecule has 0 amide bonds. The molecule has 0 saturated heterocycles. The number of nitrogens with zero attached hydrogens (tertiary/aromatic N) is 1. The summed E-state index contributed by atoms with van der Waals surface area (Å²) in [6.07, 6.45) is 5.54. The van der Waals surface area contributed by atoms with Crippen molar-refractivity contribution >= 4 is 27.3 Å². The van der Waals surface area contributed by atoms with Gasteiger partial charge in [0, 0.05) is 29.4 Å². The number of rotatable bonds is 7. The lowest BCUT2D eigenvalue weighted by Crippen LogP contribution is -2.06. The standard InChI is InChI=1S/C30H27NO/c1-2-3-8-20-31-21-19-28(29(31)26-17-9-13-22-11-4-6-15-24(22)26)30(32)27-18-10-14-23-12-5-7-16-25(23)27/h4-7,9-19,21H,2-3,8,20H2,1H3. The number of aryl methyl sites for hydroxylation is 1. The molecule has 1 aromatic heterocycles. The molecule has 0 aliphatic rings. The van der Waals surface area contributed by atoms with Crippen LogP contribution in [0.3, 0.4) is 0 Å². The van der Waals surface area contributed by atoms with Crippen LogP contribution >= 0.6 is 0 Å². The van der Waals surface area contributed by atoms with E-state index in [4.69, 9.17) is 0 Å². The Morgan fingerprint density at radius 1 is 0.688 bits per heavy atom. The van der Waals surface area contributed by atoms with E-state index in [1.807, 2.05) is 36.4 Å². The number of hydrogen-bond acceptors (Lipinski definition) is 1. The number of aromatic nitrogens is 1. The molecule has 0 atom stereocenters. The molecule has 0 fully saturated rings. The van der Waals surface area contributed by atoms with Crippen molar-refractivity contribution in [1.82, 2.24) is 4.57 Å². The fourth-order valence-corrected chi connectivity index (χ4v) is 4.67. The van der Waals surface area contributed by atoms with E-state index in [1.165, 1.54) is 23.6 Å². The zero-order valence-electron chi connectivity index (χ0n) is 18.4. The van der Waals surface area contributed by atoms with Crippen LogP contribution in [0.5, 0.6) is 0 Å². The maximum atomic E-state index is 13.9. The lowest BCUT2D eigenvalue weighted by molar-refractivity contribution is 0.104. The van der Waals surface area contributed by atoms with Gasteiger partial charge in [-0.2, -0.15) is 0 Å². The minimum atomic E-state index is 0.0824. The molecular weight excluding hydrogens is 390 g/mol. The monoisotopic (exact) mass is 417 g/mol. The van der Waals surface area contributed by atoms with E-state index in [9.17, 15) is 4.79 Å². The number of hydrogen-bond donors (Lipinski definition) is 0. The Bertz CT molecular complexity index is 1400. The zero-order chi connectivity index (χ0) is 21.9. The first-order valence-corrected chi connectivity index (χ1v) is 11.5. The average Bonchev–Trinajstić information content (AvgIpc) is 3.26. The van der Waals surface area contributed by atoms with Gasteiger partial charge in [-0.1, -0.05) is 105 Å². The van der Waals surface area contributed by atoms with Crippen LogP contribution in [-0.2, 0) is 6.54 Å². The predicted molar refractivity (Wildman–Crippen MR) is 134 cm³/mol. The van der Waals surface area contributed by atoms with Crippen molar-refractivity contribution < 1.29 is 4.79 Å². The van der Waals surface area contributed by atoms with Gasteiger partial charge in [0.05, 0.1) is 5.69 Å². The van der Waals surface area contributed by atoms with Gasteiger partial charge in [-0.05, 0) is 34.0 Å². The Morgan fingerprint density at radius 3 is 2.12 bits per heavy atom. The van der Waals surface area contributed by atoms with Crippen molar-refractivity contribution in [1.29, 1.82) is 0 Å². The Labute approximate surface area is 189 Å². The van der Waals surface area contributed by atoms with Crippen molar-refractivity contribution in [3.8, 4) is 11.3 Å². The minimum Gasteiger partial charge on any atom is -0.347 e. The summed E-state index contributed by atoms with van der Waals surface area (Å²) in [6.45, 7) is 3.13. The van der Waals surface area contributed by atoms with Crippen LogP contribution in [0.1, 0.15) is 42.1 Å². The molecular formula is C30H27NO. The number of benzene rings is 4. The maximum Gasteiger partial charge on any atom is 0.195 e. The van der Waals surface area contributed by atoms with Crippen LogP contribution in [0.25, 0.3) is 32.8 Å². The highest BCUT2D eigenvalue weighted by Crippen LogP contribution is 2.34. The van der Waals surface area contributed by atoms with Crippen LogP contribution < -0.4 is 0 Å². The second kappa shape index (κ2) is 8.84. The third-order valence-electron chi connectivity index (χ3n) is 6.29. The van der Waals surface area contributed by atoms with E-state index in [2.05, 4.69) is 72.3 Å². The summed E-state index contributed by atoms with van der Waals surface area (Å²) >= 11 is 0. The third kappa shape index (κ3) is 3.62. The summed E-state index contributed by atoms with van der Waals surface area (Å²) in [7, 11) is 0. The summed E-state index contributed by atoms with van der Waals surface area (Å²) in [4.78, 5) is 13.9. The largest absolute Gasteiger partial charge is 0.347 e. The van der Waals surface area contributed by atoms with E-state index >= 15 is 0 Å². The van der Waals surface area contributed by atoms with E-state index in [0.29, 0.717) is 0 Å². The van der Waals surface area contributed by atoms with Crippen molar-refractivity contribution in [2.45, 2.75) is 32.7 Å². The second-order valence-corrected chi connectivity index (χ2v) is 8.36. The topological polar surface area (TPSA) is 22.0 Å². The van der Waals surface area contributed by atoms with Gasteiger partial charge in [-0.3, -0.25) is 4.79 Å². The lowest BCUT2D eigenvalue weighted by Gasteiger charge is -2.14. The highest BCUT2D eigenvalue weighted by Gasteiger charge is 2.21. The lowest BCUT2D eigenvalue weighted by atomic mass is 9.94. The number of ketones is 1. The van der Waals surface area contributed by atoms with Gasteiger partial charge in [0.1, 0.15) is 0 Å². The molecule has 32 heavy (non-hydrogen) atoms. The van der Waals surface area contributed by atoms with Gasteiger partial charge in [0.2, 0.25) is 0 Å². The second-order valence-electron chi connectivity index (χ2n) is 8.36. The van der Waals surface area contributed by atoms with Crippen molar-refractivity contribution in [2.24, 2.45) is 0 Å². The molecule has 0 N–H and O–H groups in total. The SMILES string of the molecule is CCCCCn1ccc(C(=O)c2cccc3ccccc23)c1-c1cccc2ccccc12. The smallest absolute Gasteiger partial charge is 0.195 e. The van der Waals surface area contributed by atoms with Gasteiger partial charge in [-0.25, -0.2) is 0 Å². The summed E-state index contributed by atoms with van der Waals surface area (Å²) < 4.78 is 2.27. The predicted octanol–water partition coefficient (Wildman–Crippen LogP) is 7.88. The molecule has 0 bridgehead atoms. The average molecular weight is 418 g/mol. The van der Waals surface area contributed by atoms with Crippen LogP contribution in [0.2, 0.25) is 0 Å². The van der Waals surface area contributed by atoms with E-state index in [-0.39, 0.29) is 5.78 Å². The number of unbranched alkanes of at least 4 members (excludes halogenated alkanes) is 2. The Balaban J connectivity index is 1.70. The fourth-order valence-electron chi connectivity index (χ4n) is 4.67. The third-order valence-corrected chi connectivity index (χ3v) is 6.29. The fraction of sp³-hybridized carbons (Fsp3) is 0.167. The Kier molecular flexibility index (Phi) is 5.60. The van der Waals surface area contributed by atoms with Gasteiger partial charge in [-0.15, -0.1) is 0 Å². The molecule has 0 aliphatic carbocycles. The molecule has 158 valence electrons. The minimum absolute atomic E-state index is 0.0824. The molecule has 0 saturated carbocycles. The number of carbonyl (C=O) groups excluding carboxylic acids is 1. The van der Waals surface area contributed by atoms with Crippen LogP contribution in [0.15, 0.2) is 97.2 Å². The molecule has 0 aliphatic heterocycles. The number of carbonyl (C=O) groups is 1. The summed E-state index contributed by atoms with van der Waals surface area (Å²) in [5, 5.41) is 4.46. The van der Waals surface area contributed by atoms with Gasteiger partial charge in [0.25, 0.3) is 0 Å². The highest BCUT2D eigenvalue weighted by atomic mass is 16.1. The molecule has 2 heteroatoms. The first-order chi connectivity index (χ1) is 15.8. The zero-order valence-corrected chi connectivity index (χ0v) is 18.4. The van der Waals surface area contributed by atoms with Crippen LogP contribution in [0, 0.1) is 0 Å². The van der Waals surface area contributed by atoms with Crippen molar-refractivity contribution in [3.63, 3.8) is 0 Å². The molecule has 0 unspecified atom stereocenters. The summed E-state index contributed by atoms with van der Waals surface area (Å²) in [5.74, 6) is 0.0824. The van der Waals surface area contributed by atoms with Gasteiger partial charge >= 0.3 is 0 Å². The van der Waals surface area contributed by atoms with Crippen LogP contribution in [-0.4, -0.2) is 10.4 Å². The van der Waals surface area contributed by atoms with Gasteiger partial charge < -0.3 is 4.57 Å². The first-order valence-electron chi connectivity index (χ1n) is 11.5. The molecule has 1 heterocycles. The summed E-state index contributed by atoms with van der Waals surface area (Å²) in [5.41, 5.74) is 3.68. The van der Waals surface area contributed by atoms with E-state index in [0.717, 1.165) is 46.1 Å². The molecule has 0 spiro atoms. The molecule has 0 radical (unpaired) electrons. The highest BCUT2D eigenvalue weighted by molar-refractivity contribution is 6.19. The van der Waals surface area contributed by atoms with Gasteiger partial charge in [0.15, 0.2) is 5.78 Å². The van der Waals surface area contributed by atoms with Crippen LogP contribution in [0.4, 0.5) is 0 Å².